The third-order valence-electron chi connectivity index (χ3n) is 10.0. The lowest BCUT2D eigenvalue weighted by molar-refractivity contribution is 0.0307. The first-order chi connectivity index (χ1) is 21.1. The van der Waals surface area contributed by atoms with Gasteiger partial charge < -0.3 is 20.6 Å². The van der Waals surface area contributed by atoms with Gasteiger partial charge in [0, 0.05) is 36.3 Å². The Morgan fingerprint density at radius 2 is 1.98 bits per heavy atom. The molecule has 1 aromatic carbocycles. The minimum Gasteiger partial charge on any atom is -0.384 e. The van der Waals surface area contributed by atoms with Gasteiger partial charge in [-0.1, -0.05) is 32.9 Å². The second kappa shape index (κ2) is 12.1. The number of hydrogen-bond donors (Lipinski definition) is 3. The maximum atomic E-state index is 13.7. The zero-order valence-electron chi connectivity index (χ0n) is 26.7. The molecule has 0 bridgehead atoms. The quantitative estimate of drug-likeness (QED) is 0.123. The molecule has 3 aromatic rings. The number of allylic oxidation sites excluding steroid dienone is 1. The molecule has 3 N–H and O–H groups in total. The normalized spacial score (nSPS) is 23.0. The number of carbonyl (C=O) groups excluding carboxylic acids is 1. The van der Waals surface area contributed by atoms with E-state index in [1.54, 1.807) is 6.20 Å². The number of Topliss-reactive ketones (excluding diaryl/α,β-unsaturated/α-hetero) is 1. The minimum absolute atomic E-state index is 0.00475. The van der Waals surface area contributed by atoms with Gasteiger partial charge in [0.1, 0.15) is 17.2 Å². The van der Waals surface area contributed by atoms with Crippen molar-refractivity contribution < 1.29 is 9.90 Å². The van der Waals surface area contributed by atoms with Crippen LogP contribution in [0.3, 0.4) is 0 Å². The number of carbonyl (C=O) groups is 1. The average Bonchev–Trinajstić information content (AvgIpc) is 3.32. The molecule has 0 saturated carbocycles. The van der Waals surface area contributed by atoms with Crippen molar-refractivity contribution in [1.82, 2.24) is 19.9 Å². The summed E-state index contributed by atoms with van der Waals surface area (Å²) in [6, 6.07) is 8.41. The van der Waals surface area contributed by atoms with Crippen LogP contribution in [-0.2, 0) is 30.4 Å². The van der Waals surface area contributed by atoms with Crippen LogP contribution in [0.25, 0.3) is 0 Å². The van der Waals surface area contributed by atoms with Gasteiger partial charge in [0.05, 0.1) is 11.3 Å². The van der Waals surface area contributed by atoms with Crippen LogP contribution in [0.2, 0.25) is 0 Å². The van der Waals surface area contributed by atoms with Crippen LogP contribution in [0.5, 0.6) is 0 Å². The Labute approximate surface area is 261 Å². The molecule has 6 rings (SSSR count). The van der Waals surface area contributed by atoms with Crippen LogP contribution in [0.4, 0.5) is 23.3 Å². The van der Waals surface area contributed by atoms with Crippen molar-refractivity contribution in [1.29, 1.82) is 0 Å². The molecular weight excluding hydrogens is 548 g/mol. The summed E-state index contributed by atoms with van der Waals surface area (Å²) in [6.45, 7) is 12.2. The number of hydrogen-bond acceptors (Lipinski definition) is 8. The zero-order valence-corrected chi connectivity index (χ0v) is 26.7. The molecule has 8 heteroatoms. The number of benzene rings is 1. The van der Waals surface area contributed by atoms with Gasteiger partial charge in [0.25, 0.3) is 0 Å². The van der Waals surface area contributed by atoms with Gasteiger partial charge in [-0.25, -0.2) is 9.97 Å². The minimum atomic E-state index is -0.930. The lowest BCUT2D eigenvalue weighted by atomic mass is 9.67. The average molecular weight is 595 g/mol. The fourth-order valence-electron chi connectivity index (χ4n) is 7.73. The van der Waals surface area contributed by atoms with Crippen LogP contribution >= 0.6 is 0 Å². The maximum Gasteiger partial charge on any atom is 0.229 e. The molecule has 0 radical (unpaired) electrons. The van der Waals surface area contributed by atoms with Gasteiger partial charge >= 0.3 is 0 Å². The van der Waals surface area contributed by atoms with E-state index in [-0.39, 0.29) is 17.1 Å². The third kappa shape index (κ3) is 5.77. The highest BCUT2D eigenvalue weighted by Crippen LogP contribution is 2.44. The SMILES string of the molecule is C=CCCCC(C)C(=O)c1cnc(Nc2cc3c4c(c2)CN(C)C[C@@]4(C)CCC3)nc1Nc1ccc2c(n1)[C@](O)(CC)CC2. The lowest BCUT2D eigenvalue weighted by Crippen LogP contribution is -2.44. The molecule has 44 heavy (non-hydrogen) atoms. The van der Waals surface area contributed by atoms with E-state index in [1.165, 1.54) is 29.5 Å². The number of pyridine rings is 1. The number of aromatic nitrogens is 3. The number of anilines is 4. The summed E-state index contributed by atoms with van der Waals surface area (Å²) in [5.74, 6) is 1.20. The van der Waals surface area contributed by atoms with E-state index in [0.29, 0.717) is 41.7 Å². The number of fused-ring (bicyclic) bond motifs is 1. The predicted octanol–water partition coefficient (Wildman–Crippen LogP) is 7.12. The highest BCUT2D eigenvalue weighted by molar-refractivity contribution is 6.02. The molecule has 3 atom stereocenters. The van der Waals surface area contributed by atoms with E-state index < -0.39 is 5.60 Å². The van der Waals surface area contributed by atoms with Crippen molar-refractivity contribution in [2.75, 3.05) is 24.2 Å². The van der Waals surface area contributed by atoms with Crippen LogP contribution < -0.4 is 10.6 Å². The van der Waals surface area contributed by atoms with Crippen LogP contribution in [0, 0.1) is 5.92 Å². The second-order valence-electron chi connectivity index (χ2n) is 13.5. The van der Waals surface area contributed by atoms with E-state index >= 15 is 0 Å². The first kappa shape index (κ1) is 30.4. The molecule has 3 aliphatic rings. The summed E-state index contributed by atoms with van der Waals surface area (Å²) in [5.41, 5.74) is 6.74. The molecule has 1 unspecified atom stereocenters. The largest absolute Gasteiger partial charge is 0.384 e. The first-order valence-electron chi connectivity index (χ1n) is 16.3. The van der Waals surface area contributed by atoms with Crippen molar-refractivity contribution in [3.63, 3.8) is 0 Å². The number of unbranched alkanes of at least 4 members (excludes halogenated alkanes) is 1. The molecule has 8 nitrogen and oxygen atoms in total. The summed E-state index contributed by atoms with van der Waals surface area (Å²) in [7, 11) is 2.20. The standard InChI is InChI=1S/C36H46N6O2/c1-6-8-9-11-23(3)31(43)28-20-37-34(41-33(28)40-29-14-13-24-15-17-36(44,7-2)32(24)39-29)38-27-18-25-12-10-16-35(4)22-42(5)21-26(19-27)30(25)35/h6,13-14,18-20,23,44H,1,7-12,15-17,21-22H2,2-5H3,(H2,37,38,39,40,41)/t23?,35-,36+/m1/s1. The van der Waals surface area contributed by atoms with E-state index in [0.717, 1.165) is 56.4 Å². The third-order valence-corrected chi connectivity index (χ3v) is 10.0. The number of likely N-dealkylation sites (N-methyl/N-ethyl adjacent to an activating group) is 1. The van der Waals surface area contributed by atoms with Crippen LogP contribution in [0.15, 0.2) is 43.1 Å². The fraction of sp³-hybridized carbons (Fsp3) is 0.500. The molecule has 0 fully saturated rings. The first-order valence-corrected chi connectivity index (χ1v) is 16.3. The molecule has 0 saturated heterocycles. The Balaban J connectivity index is 1.34. The Bertz CT molecular complexity index is 1590. The number of rotatable bonds is 11. The Morgan fingerprint density at radius 1 is 1.16 bits per heavy atom. The van der Waals surface area contributed by atoms with E-state index in [9.17, 15) is 9.90 Å². The van der Waals surface area contributed by atoms with Gasteiger partial charge in [-0.05, 0) is 105 Å². The predicted molar refractivity (Wildman–Crippen MR) is 176 cm³/mol. The highest BCUT2D eigenvalue weighted by atomic mass is 16.3. The molecule has 2 aromatic heterocycles. The van der Waals surface area contributed by atoms with E-state index in [4.69, 9.17) is 9.97 Å². The molecule has 232 valence electrons. The summed E-state index contributed by atoms with van der Waals surface area (Å²) >= 11 is 0. The van der Waals surface area contributed by atoms with Crippen LogP contribution in [0.1, 0.15) is 104 Å². The number of ketones is 1. The Hall–Kier alpha value is -3.62. The van der Waals surface area contributed by atoms with Crippen molar-refractivity contribution >= 4 is 29.1 Å². The Morgan fingerprint density at radius 3 is 2.77 bits per heavy atom. The second-order valence-corrected chi connectivity index (χ2v) is 13.5. The van der Waals surface area contributed by atoms with Crippen LogP contribution in [-0.4, -0.2) is 44.3 Å². The van der Waals surface area contributed by atoms with Gasteiger partial charge in [-0.15, -0.1) is 6.58 Å². The van der Waals surface area contributed by atoms with Crippen molar-refractivity contribution in [2.24, 2.45) is 5.92 Å². The van der Waals surface area contributed by atoms with Crippen molar-refractivity contribution in [3.8, 4) is 0 Å². The lowest BCUT2D eigenvalue weighted by Gasteiger charge is -2.45. The summed E-state index contributed by atoms with van der Waals surface area (Å²) < 4.78 is 0. The van der Waals surface area contributed by atoms with E-state index in [2.05, 4.69) is 53.2 Å². The zero-order chi connectivity index (χ0) is 31.1. The van der Waals surface area contributed by atoms with Gasteiger partial charge in [-0.2, -0.15) is 4.98 Å². The topological polar surface area (TPSA) is 103 Å². The van der Waals surface area contributed by atoms with Crippen molar-refractivity contribution in [2.45, 2.75) is 96.1 Å². The smallest absolute Gasteiger partial charge is 0.229 e. The summed E-state index contributed by atoms with van der Waals surface area (Å²) in [5, 5.41) is 18.0. The monoisotopic (exact) mass is 594 g/mol. The summed E-state index contributed by atoms with van der Waals surface area (Å²) in [4.78, 5) is 30.4. The molecule has 1 aliphatic heterocycles. The van der Waals surface area contributed by atoms with E-state index in [1.807, 2.05) is 32.1 Å². The van der Waals surface area contributed by atoms with Gasteiger partial charge in [-0.3, -0.25) is 4.79 Å². The number of nitrogens with zero attached hydrogens (tertiary/aromatic N) is 4. The number of nitrogens with one attached hydrogen (secondary N) is 2. The molecule has 0 amide bonds. The van der Waals surface area contributed by atoms with Gasteiger partial charge in [0.2, 0.25) is 5.95 Å². The Kier molecular flexibility index (Phi) is 8.33. The number of aryl methyl sites for hydroxylation is 2. The molecular formula is C36H46N6O2. The van der Waals surface area contributed by atoms with Gasteiger partial charge in [0.15, 0.2) is 5.78 Å². The molecule has 2 aliphatic carbocycles. The maximum absolute atomic E-state index is 13.7. The van der Waals surface area contributed by atoms with Crippen molar-refractivity contribution in [3.05, 3.63) is 76.6 Å². The molecule has 0 spiro atoms. The molecule has 3 heterocycles. The highest BCUT2D eigenvalue weighted by Gasteiger charge is 2.39. The summed E-state index contributed by atoms with van der Waals surface area (Å²) in [6.07, 6.45) is 11.6. The fourth-order valence-corrected chi connectivity index (χ4v) is 7.73. The number of aliphatic hydroxyl groups is 1.